The van der Waals surface area contributed by atoms with E-state index in [0.717, 1.165) is 0 Å². The lowest BCUT2D eigenvalue weighted by Gasteiger charge is -2.37. The molecule has 3 rings (SSSR count). The van der Waals surface area contributed by atoms with Gasteiger partial charge in [0, 0.05) is 0 Å². The molecular weight excluding hydrogens is 240 g/mol. The van der Waals surface area contributed by atoms with Crippen LogP contribution in [0.1, 0.15) is 27.7 Å². The lowest BCUT2D eigenvalue weighted by molar-refractivity contribution is -0.303. The molecule has 1 N–H and O–H groups in total. The molecule has 3 saturated heterocycles. The van der Waals surface area contributed by atoms with Crippen LogP contribution in [0.3, 0.4) is 0 Å². The molecule has 0 radical (unpaired) electrons. The minimum absolute atomic E-state index is 0.192. The molecule has 18 heavy (non-hydrogen) atoms. The number of hydrogen-bond donors (Lipinski definition) is 1. The lowest BCUT2D eigenvalue weighted by Crippen LogP contribution is -2.52. The Morgan fingerprint density at radius 3 is 2.33 bits per heavy atom. The molecule has 4 atom stereocenters. The average molecular weight is 260 g/mol. The summed E-state index contributed by atoms with van der Waals surface area (Å²) < 4.78 is 28.3. The first-order valence-electron chi connectivity index (χ1n) is 6.25. The van der Waals surface area contributed by atoms with Crippen molar-refractivity contribution in [3.63, 3.8) is 0 Å². The summed E-state index contributed by atoms with van der Waals surface area (Å²) in [5.41, 5.74) is 0. The van der Waals surface area contributed by atoms with Gasteiger partial charge in [-0.25, -0.2) is 0 Å². The van der Waals surface area contributed by atoms with Crippen LogP contribution in [0.25, 0.3) is 0 Å². The number of ether oxygens (including phenoxy) is 5. The molecule has 3 fully saturated rings. The van der Waals surface area contributed by atoms with E-state index in [0.29, 0.717) is 6.61 Å². The number of hydrogen-bond acceptors (Lipinski definition) is 6. The highest BCUT2D eigenvalue weighted by Crippen LogP contribution is 2.45. The number of fused-ring (bicyclic) bond motifs is 1. The van der Waals surface area contributed by atoms with Crippen molar-refractivity contribution in [2.24, 2.45) is 0 Å². The Hall–Kier alpha value is -0.240. The van der Waals surface area contributed by atoms with Gasteiger partial charge in [-0.2, -0.15) is 0 Å². The zero-order valence-electron chi connectivity index (χ0n) is 11.1. The topological polar surface area (TPSA) is 66.4 Å². The largest absolute Gasteiger partial charge is 0.385 e. The van der Waals surface area contributed by atoms with Crippen molar-refractivity contribution >= 4 is 0 Å². The summed E-state index contributed by atoms with van der Waals surface area (Å²) in [6, 6.07) is 0. The summed E-state index contributed by atoms with van der Waals surface area (Å²) >= 11 is 0. The molecule has 3 heterocycles. The van der Waals surface area contributed by atoms with Gasteiger partial charge in [0.05, 0.1) is 6.61 Å². The fourth-order valence-corrected chi connectivity index (χ4v) is 2.71. The average Bonchev–Trinajstić information content (AvgIpc) is 2.68. The second-order valence-corrected chi connectivity index (χ2v) is 6.00. The number of rotatable bonds is 0. The van der Waals surface area contributed by atoms with Crippen LogP contribution in [0.5, 0.6) is 0 Å². The second kappa shape index (κ2) is 3.65. The van der Waals surface area contributed by atoms with Crippen LogP contribution in [0.2, 0.25) is 0 Å². The summed E-state index contributed by atoms with van der Waals surface area (Å²) in [4.78, 5) is 0. The molecule has 104 valence electrons. The fraction of sp³-hybridized carbons (Fsp3) is 1.00. The zero-order valence-corrected chi connectivity index (χ0v) is 11.1. The van der Waals surface area contributed by atoms with Gasteiger partial charge in [0.1, 0.15) is 24.9 Å². The minimum atomic E-state index is -1.14. The summed E-state index contributed by atoms with van der Waals surface area (Å²) in [6.07, 6.45) is -1.66. The molecule has 0 unspecified atom stereocenters. The van der Waals surface area contributed by atoms with E-state index in [9.17, 15) is 5.11 Å². The lowest BCUT2D eigenvalue weighted by atomic mass is 10.0. The third kappa shape index (κ3) is 1.88. The monoisotopic (exact) mass is 260 g/mol. The normalized spacial score (nSPS) is 49.5. The highest BCUT2D eigenvalue weighted by atomic mass is 16.9. The smallest absolute Gasteiger partial charge is 0.224 e. The highest BCUT2D eigenvalue weighted by Gasteiger charge is 2.64. The fourth-order valence-electron chi connectivity index (χ4n) is 2.71. The second-order valence-electron chi connectivity index (χ2n) is 6.00. The SMILES string of the molecule is CC1(C)OC[C@@H]2O[C@]3(COC(C)(C)O3)[C@H](O)[C@@H]2O1. The summed E-state index contributed by atoms with van der Waals surface area (Å²) in [6.45, 7) is 7.79. The van der Waals surface area contributed by atoms with Gasteiger partial charge in [0.25, 0.3) is 0 Å². The highest BCUT2D eigenvalue weighted by molar-refractivity contribution is 5.02. The van der Waals surface area contributed by atoms with E-state index in [1.54, 1.807) is 13.8 Å². The van der Waals surface area contributed by atoms with E-state index in [4.69, 9.17) is 23.7 Å². The van der Waals surface area contributed by atoms with Crippen molar-refractivity contribution in [3.05, 3.63) is 0 Å². The van der Waals surface area contributed by atoms with Gasteiger partial charge in [-0.1, -0.05) is 0 Å². The van der Waals surface area contributed by atoms with Crippen molar-refractivity contribution in [2.75, 3.05) is 13.2 Å². The van der Waals surface area contributed by atoms with E-state index in [1.807, 2.05) is 13.8 Å². The molecule has 3 aliphatic heterocycles. The van der Waals surface area contributed by atoms with Crippen LogP contribution in [0, 0.1) is 0 Å². The Balaban J connectivity index is 1.82. The first kappa shape index (κ1) is 12.8. The Bertz CT molecular complexity index is 352. The van der Waals surface area contributed by atoms with Crippen molar-refractivity contribution < 1.29 is 28.8 Å². The number of aliphatic hydroxyl groups excluding tert-OH is 1. The molecule has 6 heteroatoms. The minimum Gasteiger partial charge on any atom is -0.385 e. The molecule has 0 amide bonds. The molecular formula is C12H20O6. The van der Waals surface area contributed by atoms with Crippen LogP contribution < -0.4 is 0 Å². The molecule has 0 saturated carbocycles. The van der Waals surface area contributed by atoms with Gasteiger partial charge < -0.3 is 28.8 Å². The first-order valence-corrected chi connectivity index (χ1v) is 6.25. The van der Waals surface area contributed by atoms with Gasteiger partial charge in [0.2, 0.25) is 5.79 Å². The Kier molecular flexibility index (Phi) is 2.59. The molecule has 0 aromatic heterocycles. The third-order valence-corrected chi connectivity index (χ3v) is 3.53. The molecule has 0 bridgehead atoms. The van der Waals surface area contributed by atoms with Gasteiger partial charge in [-0.15, -0.1) is 0 Å². The van der Waals surface area contributed by atoms with E-state index in [1.165, 1.54) is 0 Å². The first-order chi connectivity index (χ1) is 8.23. The van der Waals surface area contributed by atoms with Crippen LogP contribution >= 0.6 is 0 Å². The van der Waals surface area contributed by atoms with Gasteiger partial charge in [0.15, 0.2) is 11.6 Å². The Morgan fingerprint density at radius 2 is 1.72 bits per heavy atom. The van der Waals surface area contributed by atoms with E-state index in [2.05, 4.69) is 0 Å². The van der Waals surface area contributed by atoms with Crippen molar-refractivity contribution in [1.29, 1.82) is 0 Å². The van der Waals surface area contributed by atoms with Crippen LogP contribution in [-0.4, -0.2) is 54.0 Å². The van der Waals surface area contributed by atoms with Crippen LogP contribution in [0.15, 0.2) is 0 Å². The quantitative estimate of drug-likeness (QED) is 0.679. The van der Waals surface area contributed by atoms with Crippen molar-refractivity contribution in [2.45, 2.75) is 63.4 Å². The van der Waals surface area contributed by atoms with Crippen LogP contribution in [0.4, 0.5) is 0 Å². The van der Waals surface area contributed by atoms with Gasteiger partial charge >= 0.3 is 0 Å². The molecule has 6 nitrogen and oxygen atoms in total. The summed E-state index contributed by atoms with van der Waals surface area (Å²) in [5.74, 6) is -2.61. The van der Waals surface area contributed by atoms with Gasteiger partial charge in [-0.05, 0) is 27.7 Å². The molecule has 1 spiro atoms. The standard InChI is InChI=1S/C12H20O6/c1-10(2)14-5-7-8(17-10)9(13)12(16-7)6-15-11(3,4)18-12/h7-9,13H,5-6H2,1-4H3/t7-,8+,9+,12-/m0/s1. The molecule has 0 aromatic rings. The predicted octanol–water partition coefficient (Wildman–Crippen LogP) is 0.377. The van der Waals surface area contributed by atoms with Crippen LogP contribution in [-0.2, 0) is 23.7 Å². The van der Waals surface area contributed by atoms with E-state index < -0.39 is 29.6 Å². The maximum absolute atomic E-state index is 10.4. The molecule has 0 aliphatic carbocycles. The summed E-state index contributed by atoms with van der Waals surface area (Å²) in [5, 5.41) is 10.4. The predicted molar refractivity (Wildman–Crippen MR) is 59.6 cm³/mol. The van der Waals surface area contributed by atoms with Gasteiger partial charge in [-0.3, -0.25) is 0 Å². The van der Waals surface area contributed by atoms with E-state index >= 15 is 0 Å². The maximum Gasteiger partial charge on any atom is 0.224 e. The van der Waals surface area contributed by atoms with Crippen molar-refractivity contribution in [3.8, 4) is 0 Å². The van der Waals surface area contributed by atoms with E-state index in [-0.39, 0.29) is 12.7 Å². The number of aliphatic hydroxyl groups is 1. The summed E-state index contributed by atoms with van der Waals surface area (Å²) in [7, 11) is 0. The Morgan fingerprint density at radius 1 is 1.00 bits per heavy atom. The Labute approximate surface area is 106 Å². The van der Waals surface area contributed by atoms with Crippen molar-refractivity contribution in [1.82, 2.24) is 0 Å². The maximum atomic E-state index is 10.4. The third-order valence-electron chi connectivity index (χ3n) is 3.53. The molecule has 0 aromatic carbocycles. The zero-order chi connectivity index (χ0) is 13.2. The molecule has 3 aliphatic rings.